The van der Waals surface area contributed by atoms with E-state index in [1.54, 1.807) is 23.6 Å². The monoisotopic (exact) mass is 263 g/mol. The minimum atomic E-state index is -0.362. The van der Waals surface area contributed by atoms with Crippen molar-refractivity contribution in [3.8, 4) is 0 Å². The zero-order valence-corrected chi connectivity index (χ0v) is 10.7. The van der Waals surface area contributed by atoms with Gasteiger partial charge in [-0.1, -0.05) is 12.1 Å². The highest BCUT2D eigenvalue weighted by Crippen LogP contribution is 2.27. The summed E-state index contributed by atoms with van der Waals surface area (Å²) in [5.41, 5.74) is 1.59. The third-order valence-corrected chi connectivity index (χ3v) is 3.41. The van der Waals surface area contributed by atoms with Gasteiger partial charge in [0.25, 0.3) is 5.69 Å². The number of nitro groups is 1. The number of nitrogens with zero attached hydrogens (tertiary/aromatic N) is 2. The van der Waals surface area contributed by atoms with Crippen molar-refractivity contribution in [3.05, 3.63) is 50.5 Å². The lowest BCUT2D eigenvalue weighted by atomic mass is 10.1. The highest BCUT2D eigenvalue weighted by atomic mass is 32.1. The van der Waals surface area contributed by atoms with Crippen LogP contribution >= 0.6 is 11.3 Å². The van der Waals surface area contributed by atoms with Crippen LogP contribution in [-0.4, -0.2) is 16.5 Å². The van der Waals surface area contributed by atoms with Crippen molar-refractivity contribution in [2.75, 3.05) is 11.9 Å². The maximum Gasteiger partial charge on any atom is 0.292 e. The molecule has 1 N–H and O–H groups in total. The van der Waals surface area contributed by atoms with Gasteiger partial charge in [-0.3, -0.25) is 10.1 Å². The summed E-state index contributed by atoms with van der Waals surface area (Å²) in [4.78, 5) is 14.7. The van der Waals surface area contributed by atoms with Crippen molar-refractivity contribution in [2.45, 2.75) is 13.3 Å². The lowest BCUT2D eigenvalue weighted by molar-refractivity contribution is -0.384. The van der Waals surface area contributed by atoms with Gasteiger partial charge in [-0.05, 0) is 12.5 Å². The Morgan fingerprint density at radius 3 is 3.00 bits per heavy atom. The van der Waals surface area contributed by atoms with E-state index in [9.17, 15) is 10.1 Å². The Labute approximate surface area is 109 Å². The summed E-state index contributed by atoms with van der Waals surface area (Å²) in [7, 11) is 0. The number of benzene rings is 1. The van der Waals surface area contributed by atoms with Crippen LogP contribution in [0.15, 0.2) is 29.8 Å². The molecular weight excluding hydrogens is 250 g/mol. The number of aryl methyl sites for hydroxylation is 1. The largest absolute Gasteiger partial charge is 0.379 e. The van der Waals surface area contributed by atoms with Crippen LogP contribution < -0.4 is 5.32 Å². The Balaban J connectivity index is 2.06. The van der Waals surface area contributed by atoms with Crippen LogP contribution in [0.1, 0.15) is 10.6 Å². The lowest BCUT2D eigenvalue weighted by Gasteiger charge is -2.08. The molecule has 1 heterocycles. The molecule has 0 aliphatic rings. The smallest absolute Gasteiger partial charge is 0.292 e. The second kappa shape index (κ2) is 5.59. The molecule has 0 saturated heterocycles. The summed E-state index contributed by atoms with van der Waals surface area (Å²) in [5, 5.41) is 17.0. The van der Waals surface area contributed by atoms with Crippen LogP contribution in [0.4, 0.5) is 11.4 Å². The highest BCUT2D eigenvalue weighted by molar-refractivity contribution is 7.09. The highest BCUT2D eigenvalue weighted by Gasteiger charge is 2.14. The number of hydrogen-bond donors (Lipinski definition) is 1. The van der Waals surface area contributed by atoms with Crippen LogP contribution in [-0.2, 0) is 6.42 Å². The van der Waals surface area contributed by atoms with Gasteiger partial charge in [0.1, 0.15) is 5.69 Å². The van der Waals surface area contributed by atoms with E-state index in [4.69, 9.17) is 0 Å². The normalized spacial score (nSPS) is 10.3. The van der Waals surface area contributed by atoms with Gasteiger partial charge in [-0.15, -0.1) is 11.3 Å². The van der Waals surface area contributed by atoms with Gasteiger partial charge in [0.05, 0.1) is 9.93 Å². The molecule has 2 rings (SSSR count). The standard InChI is InChI=1S/C12H13N3O2S/c1-9-3-2-4-10(15(16)17)12(9)14-6-5-11-13-7-8-18-11/h2-4,7-8,14H,5-6H2,1H3. The maximum absolute atomic E-state index is 10.9. The second-order valence-corrected chi connectivity index (χ2v) is 4.81. The summed E-state index contributed by atoms with van der Waals surface area (Å²) in [6, 6.07) is 5.07. The maximum atomic E-state index is 10.9. The van der Waals surface area contributed by atoms with E-state index >= 15 is 0 Å². The quantitative estimate of drug-likeness (QED) is 0.665. The molecule has 0 radical (unpaired) electrons. The molecule has 0 fully saturated rings. The Morgan fingerprint density at radius 1 is 1.50 bits per heavy atom. The molecule has 0 saturated carbocycles. The van der Waals surface area contributed by atoms with E-state index < -0.39 is 0 Å². The fraction of sp³-hybridized carbons (Fsp3) is 0.250. The van der Waals surface area contributed by atoms with Gasteiger partial charge in [-0.25, -0.2) is 4.98 Å². The molecule has 18 heavy (non-hydrogen) atoms. The third-order valence-electron chi connectivity index (χ3n) is 2.57. The SMILES string of the molecule is Cc1cccc([N+](=O)[O-])c1NCCc1nccs1. The van der Waals surface area contributed by atoms with Crippen molar-refractivity contribution < 1.29 is 4.92 Å². The molecule has 94 valence electrons. The van der Waals surface area contributed by atoms with Gasteiger partial charge < -0.3 is 5.32 Å². The molecule has 6 heteroatoms. The van der Waals surface area contributed by atoms with Gasteiger partial charge in [0.15, 0.2) is 0 Å². The van der Waals surface area contributed by atoms with Crippen LogP contribution in [0, 0.1) is 17.0 Å². The number of thiazole rings is 1. The molecule has 0 atom stereocenters. The second-order valence-electron chi connectivity index (χ2n) is 3.83. The van der Waals surface area contributed by atoms with Gasteiger partial charge in [-0.2, -0.15) is 0 Å². The number of para-hydroxylation sites is 1. The Kier molecular flexibility index (Phi) is 3.88. The first kappa shape index (κ1) is 12.5. The number of anilines is 1. The van der Waals surface area contributed by atoms with Crippen molar-refractivity contribution >= 4 is 22.7 Å². The molecule has 5 nitrogen and oxygen atoms in total. The summed E-state index contributed by atoms with van der Waals surface area (Å²) >= 11 is 1.59. The first-order chi connectivity index (χ1) is 8.68. The molecule has 1 aromatic heterocycles. The van der Waals surface area contributed by atoms with Gasteiger partial charge in [0, 0.05) is 30.6 Å². The number of hydrogen-bond acceptors (Lipinski definition) is 5. The summed E-state index contributed by atoms with van der Waals surface area (Å²) in [6.45, 7) is 2.50. The topological polar surface area (TPSA) is 68.1 Å². The van der Waals surface area contributed by atoms with E-state index in [2.05, 4.69) is 10.3 Å². The zero-order valence-electron chi connectivity index (χ0n) is 9.92. The summed E-state index contributed by atoms with van der Waals surface area (Å²) in [6.07, 6.45) is 2.53. The van der Waals surface area contributed by atoms with Gasteiger partial charge in [0.2, 0.25) is 0 Å². The van der Waals surface area contributed by atoms with Gasteiger partial charge >= 0.3 is 0 Å². The predicted octanol–water partition coefficient (Wildman–Crippen LogP) is 3.01. The molecule has 1 aromatic carbocycles. The molecule has 0 bridgehead atoms. The zero-order chi connectivity index (χ0) is 13.0. The average molecular weight is 263 g/mol. The van der Waals surface area contributed by atoms with Crippen molar-refractivity contribution in [2.24, 2.45) is 0 Å². The molecule has 0 spiro atoms. The molecule has 2 aromatic rings. The Morgan fingerprint density at radius 2 is 2.33 bits per heavy atom. The fourth-order valence-corrected chi connectivity index (χ4v) is 2.33. The fourth-order valence-electron chi connectivity index (χ4n) is 1.71. The average Bonchev–Trinajstić information content (AvgIpc) is 2.84. The van der Waals surface area contributed by atoms with E-state index in [1.165, 1.54) is 6.07 Å². The summed E-state index contributed by atoms with van der Waals surface area (Å²) < 4.78 is 0. The minimum absolute atomic E-state index is 0.120. The van der Waals surface area contributed by atoms with E-state index in [0.717, 1.165) is 17.0 Å². The number of aromatic nitrogens is 1. The molecular formula is C12H13N3O2S. The van der Waals surface area contributed by atoms with E-state index in [0.29, 0.717) is 12.2 Å². The van der Waals surface area contributed by atoms with Crippen LogP contribution in [0.5, 0.6) is 0 Å². The minimum Gasteiger partial charge on any atom is -0.379 e. The van der Waals surface area contributed by atoms with Crippen molar-refractivity contribution in [3.63, 3.8) is 0 Å². The predicted molar refractivity (Wildman–Crippen MR) is 72.1 cm³/mol. The molecule has 0 aliphatic carbocycles. The first-order valence-corrected chi connectivity index (χ1v) is 6.42. The Hall–Kier alpha value is -1.95. The van der Waals surface area contributed by atoms with Crippen molar-refractivity contribution in [1.29, 1.82) is 0 Å². The molecule has 0 aliphatic heterocycles. The van der Waals surface area contributed by atoms with Crippen LogP contribution in [0.25, 0.3) is 0 Å². The number of rotatable bonds is 5. The third kappa shape index (κ3) is 2.84. The van der Waals surface area contributed by atoms with Crippen LogP contribution in [0.2, 0.25) is 0 Å². The molecule has 0 unspecified atom stereocenters. The Bertz CT molecular complexity index is 540. The number of nitrogens with one attached hydrogen (secondary N) is 1. The lowest BCUT2D eigenvalue weighted by Crippen LogP contribution is -2.08. The van der Waals surface area contributed by atoms with E-state index in [1.807, 2.05) is 18.4 Å². The molecule has 0 amide bonds. The number of nitro benzene ring substituents is 1. The summed E-state index contributed by atoms with van der Waals surface area (Å²) in [5.74, 6) is 0. The van der Waals surface area contributed by atoms with E-state index in [-0.39, 0.29) is 10.6 Å². The first-order valence-electron chi connectivity index (χ1n) is 5.54. The van der Waals surface area contributed by atoms with Crippen molar-refractivity contribution in [1.82, 2.24) is 4.98 Å². The van der Waals surface area contributed by atoms with Crippen LogP contribution in [0.3, 0.4) is 0 Å².